The molecule has 1 N–H and O–H groups in total. The van der Waals surface area contributed by atoms with Crippen molar-refractivity contribution in [3.05, 3.63) is 22.8 Å². The van der Waals surface area contributed by atoms with Gasteiger partial charge in [0.1, 0.15) is 0 Å². The van der Waals surface area contributed by atoms with Gasteiger partial charge in [0.25, 0.3) is 0 Å². The van der Waals surface area contributed by atoms with Gasteiger partial charge in [-0.25, -0.2) is 0 Å². The Bertz CT molecular complexity index is 529. The molecule has 0 radical (unpaired) electrons. The smallest absolute Gasteiger partial charge is 0.314 e. The molecule has 0 saturated heterocycles. The van der Waals surface area contributed by atoms with Crippen molar-refractivity contribution in [2.24, 2.45) is 0 Å². The molecule has 2 aliphatic rings. The van der Waals surface area contributed by atoms with Gasteiger partial charge < -0.3 is 14.6 Å². The van der Waals surface area contributed by atoms with Crippen LogP contribution in [0, 0.1) is 13.8 Å². The van der Waals surface area contributed by atoms with Crippen molar-refractivity contribution in [3.8, 4) is 11.5 Å². The number of ether oxygens (including phenoxy) is 2. The minimum Gasteiger partial charge on any atom is -0.481 e. The van der Waals surface area contributed by atoms with E-state index < -0.39 is 11.4 Å². The summed E-state index contributed by atoms with van der Waals surface area (Å²) in [5, 5.41) is 9.53. The van der Waals surface area contributed by atoms with Gasteiger partial charge in [-0.15, -0.1) is 0 Å². The second-order valence-electron chi connectivity index (χ2n) is 5.15. The average Bonchev–Trinajstić information content (AvgIpc) is 2.71. The lowest BCUT2D eigenvalue weighted by molar-refractivity contribution is -0.147. The Morgan fingerprint density at radius 3 is 2.56 bits per heavy atom. The van der Waals surface area contributed by atoms with Crippen LogP contribution in [0.5, 0.6) is 11.5 Å². The van der Waals surface area contributed by atoms with Gasteiger partial charge in [0.15, 0.2) is 11.5 Å². The molecule has 1 aromatic carbocycles. The average molecular weight is 248 g/mol. The van der Waals surface area contributed by atoms with Gasteiger partial charge in [-0.3, -0.25) is 4.79 Å². The van der Waals surface area contributed by atoms with Crippen molar-refractivity contribution in [3.63, 3.8) is 0 Å². The molecule has 18 heavy (non-hydrogen) atoms. The molecule has 0 aromatic heterocycles. The molecule has 0 spiro atoms. The van der Waals surface area contributed by atoms with Crippen LogP contribution < -0.4 is 9.47 Å². The molecule has 1 aliphatic heterocycles. The van der Waals surface area contributed by atoms with Crippen LogP contribution in [0.15, 0.2) is 6.07 Å². The van der Waals surface area contributed by atoms with Gasteiger partial charge in [-0.1, -0.05) is 6.42 Å². The van der Waals surface area contributed by atoms with Gasteiger partial charge >= 0.3 is 5.97 Å². The Morgan fingerprint density at radius 1 is 1.28 bits per heavy atom. The molecule has 0 atom stereocenters. The van der Waals surface area contributed by atoms with E-state index in [4.69, 9.17) is 9.47 Å². The predicted molar refractivity (Wildman–Crippen MR) is 65.2 cm³/mol. The lowest BCUT2D eigenvalue weighted by atomic mass is 9.63. The molecule has 3 rings (SSSR count). The fraction of sp³-hybridized carbons (Fsp3) is 0.500. The second kappa shape index (κ2) is 3.64. The third-order valence-electron chi connectivity index (χ3n) is 4.36. The molecule has 96 valence electrons. The van der Waals surface area contributed by atoms with E-state index in [1.807, 2.05) is 19.9 Å². The summed E-state index contributed by atoms with van der Waals surface area (Å²) >= 11 is 0. The van der Waals surface area contributed by atoms with E-state index in [9.17, 15) is 9.90 Å². The van der Waals surface area contributed by atoms with Crippen LogP contribution in [0.2, 0.25) is 0 Å². The highest BCUT2D eigenvalue weighted by molar-refractivity contribution is 5.84. The largest absolute Gasteiger partial charge is 0.481 e. The zero-order valence-electron chi connectivity index (χ0n) is 10.6. The fourth-order valence-corrected chi connectivity index (χ4v) is 2.93. The van der Waals surface area contributed by atoms with Crippen molar-refractivity contribution in [2.45, 2.75) is 38.5 Å². The first-order chi connectivity index (χ1) is 8.56. The van der Waals surface area contributed by atoms with Gasteiger partial charge in [0.05, 0.1) is 5.41 Å². The van der Waals surface area contributed by atoms with Crippen molar-refractivity contribution < 1.29 is 19.4 Å². The fourth-order valence-electron chi connectivity index (χ4n) is 2.93. The molecule has 0 unspecified atom stereocenters. The van der Waals surface area contributed by atoms with Crippen LogP contribution in [-0.2, 0) is 10.2 Å². The van der Waals surface area contributed by atoms with E-state index in [0.29, 0.717) is 18.6 Å². The Kier molecular flexibility index (Phi) is 2.30. The number of fused-ring (bicyclic) bond motifs is 1. The Hall–Kier alpha value is -1.71. The summed E-state index contributed by atoms with van der Waals surface area (Å²) < 4.78 is 10.8. The summed E-state index contributed by atoms with van der Waals surface area (Å²) in [6.07, 6.45) is 2.39. The van der Waals surface area contributed by atoms with Crippen LogP contribution in [0.25, 0.3) is 0 Å². The number of hydrogen-bond donors (Lipinski definition) is 1. The summed E-state index contributed by atoms with van der Waals surface area (Å²) in [6, 6.07) is 1.86. The predicted octanol–water partition coefficient (Wildman–Crippen LogP) is 2.54. The monoisotopic (exact) mass is 248 g/mol. The SMILES string of the molecule is Cc1c(C2(C(=O)O)CCC2)cc2c(c1C)OCO2. The first-order valence-electron chi connectivity index (χ1n) is 6.20. The number of hydrogen-bond acceptors (Lipinski definition) is 3. The molecule has 0 bridgehead atoms. The van der Waals surface area contributed by atoms with E-state index in [1.54, 1.807) is 0 Å². The number of carbonyl (C=O) groups is 1. The number of benzene rings is 1. The minimum absolute atomic E-state index is 0.221. The number of aliphatic carboxylic acids is 1. The Labute approximate surface area is 106 Å². The summed E-state index contributed by atoms with van der Waals surface area (Å²) in [4.78, 5) is 11.6. The zero-order chi connectivity index (χ0) is 12.9. The van der Waals surface area contributed by atoms with E-state index in [1.165, 1.54) is 0 Å². The highest BCUT2D eigenvalue weighted by Gasteiger charge is 2.47. The van der Waals surface area contributed by atoms with Crippen LogP contribution in [-0.4, -0.2) is 17.9 Å². The number of rotatable bonds is 2. The summed E-state index contributed by atoms with van der Waals surface area (Å²) in [7, 11) is 0. The van der Waals surface area contributed by atoms with Gasteiger partial charge in [-0.05, 0) is 49.4 Å². The first kappa shape index (κ1) is 11.4. The summed E-state index contributed by atoms with van der Waals surface area (Å²) in [6.45, 7) is 4.15. The van der Waals surface area contributed by atoms with Crippen LogP contribution in [0.4, 0.5) is 0 Å². The lowest BCUT2D eigenvalue weighted by Gasteiger charge is -2.39. The second-order valence-corrected chi connectivity index (χ2v) is 5.15. The molecule has 1 aromatic rings. The van der Waals surface area contributed by atoms with Crippen LogP contribution >= 0.6 is 0 Å². The Morgan fingerprint density at radius 2 is 2.00 bits per heavy atom. The van der Waals surface area contributed by atoms with E-state index >= 15 is 0 Å². The number of carboxylic acids is 1. The summed E-state index contributed by atoms with van der Waals surface area (Å²) in [5.41, 5.74) is 2.19. The highest BCUT2D eigenvalue weighted by Crippen LogP contribution is 2.49. The summed E-state index contributed by atoms with van der Waals surface area (Å²) in [5.74, 6) is 0.715. The third kappa shape index (κ3) is 1.29. The molecule has 4 nitrogen and oxygen atoms in total. The molecule has 1 saturated carbocycles. The maximum absolute atomic E-state index is 11.6. The Balaban J connectivity index is 2.19. The molecular weight excluding hydrogens is 232 g/mol. The van der Waals surface area contributed by atoms with Crippen molar-refractivity contribution in [1.29, 1.82) is 0 Å². The molecule has 4 heteroatoms. The molecule has 1 fully saturated rings. The van der Waals surface area contributed by atoms with Gasteiger partial charge in [-0.2, -0.15) is 0 Å². The van der Waals surface area contributed by atoms with Crippen molar-refractivity contribution in [2.75, 3.05) is 6.79 Å². The first-order valence-corrected chi connectivity index (χ1v) is 6.20. The van der Waals surface area contributed by atoms with Crippen molar-refractivity contribution >= 4 is 5.97 Å². The van der Waals surface area contributed by atoms with Gasteiger partial charge in [0.2, 0.25) is 6.79 Å². The van der Waals surface area contributed by atoms with Crippen LogP contribution in [0.3, 0.4) is 0 Å². The topological polar surface area (TPSA) is 55.8 Å². The maximum Gasteiger partial charge on any atom is 0.314 e. The molecule has 0 amide bonds. The van der Waals surface area contributed by atoms with E-state index in [0.717, 1.165) is 28.9 Å². The van der Waals surface area contributed by atoms with Crippen molar-refractivity contribution in [1.82, 2.24) is 0 Å². The third-order valence-corrected chi connectivity index (χ3v) is 4.36. The molecule has 1 aliphatic carbocycles. The molecular formula is C14H16O4. The molecule has 1 heterocycles. The van der Waals surface area contributed by atoms with Gasteiger partial charge in [0, 0.05) is 0 Å². The zero-order valence-corrected chi connectivity index (χ0v) is 10.6. The lowest BCUT2D eigenvalue weighted by Crippen LogP contribution is -2.43. The minimum atomic E-state index is -0.727. The highest BCUT2D eigenvalue weighted by atomic mass is 16.7. The van der Waals surface area contributed by atoms with E-state index in [-0.39, 0.29) is 6.79 Å². The number of carboxylic acid groups (broad SMARTS) is 1. The standard InChI is InChI=1S/C14H16O4/c1-8-9(2)12-11(17-7-18-12)6-10(8)14(13(15)16)4-3-5-14/h6H,3-5,7H2,1-2H3,(H,15,16). The van der Waals surface area contributed by atoms with Crippen LogP contribution in [0.1, 0.15) is 36.0 Å². The normalized spacial score (nSPS) is 19.4. The quantitative estimate of drug-likeness (QED) is 0.873. The maximum atomic E-state index is 11.6. The van der Waals surface area contributed by atoms with E-state index in [2.05, 4.69) is 0 Å².